The fourth-order valence-electron chi connectivity index (χ4n) is 2.26. The number of nitriles is 1. The van der Waals surface area contributed by atoms with Crippen molar-refractivity contribution < 1.29 is 19.7 Å². The molecule has 1 atom stereocenters. The van der Waals surface area contributed by atoms with Crippen LogP contribution in [0.15, 0.2) is 42.5 Å². The number of hydrogen-bond acceptors (Lipinski definition) is 5. The van der Waals surface area contributed by atoms with Gasteiger partial charge in [-0.2, -0.15) is 5.26 Å². The van der Waals surface area contributed by atoms with E-state index in [0.717, 1.165) is 0 Å². The number of phenols is 1. The van der Waals surface area contributed by atoms with E-state index in [9.17, 15) is 15.0 Å². The number of carbonyl (C=O) groups is 1. The Morgan fingerprint density at radius 2 is 1.96 bits per heavy atom. The summed E-state index contributed by atoms with van der Waals surface area (Å²) in [7, 11) is 0. The number of benzene rings is 2. The quantitative estimate of drug-likeness (QED) is 0.754. The number of aromatic hydroxyl groups is 1. The molecule has 2 aromatic rings. The number of carboxylic acid groups (broad SMARTS) is 1. The molecule has 0 aromatic heterocycles. The van der Waals surface area contributed by atoms with Crippen LogP contribution in [0.1, 0.15) is 25.0 Å². The summed E-state index contributed by atoms with van der Waals surface area (Å²) in [6, 6.07) is 12.9. The first-order valence-electron chi connectivity index (χ1n) is 7.38. The summed E-state index contributed by atoms with van der Waals surface area (Å²) in [5.41, 5.74) is 0.0413. The van der Waals surface area contributed by atoms with Crippen molar-refractivity contribution in [2.75, 3.05) is 11.9 Å². The van der Waals surface area contributed by atoms with Gasteiger partial charge in [-0.3, -0.25) is 0 Å². The number of phenolic OH excluding ortho intramolecular Hbond substituents is 1. The molecule has 0 aliphatic heterocycles. The summed E-state index contributed by atoms with van der Waals surface area (Å²) in [6.07, 6.45) is 0. The summed E-state index contributed by atoms with van der Waals surface area (Å²) in [5, 5.41) is 31.3. The van der Waals surface area contributed by atoms with E-state index >= 15 is 0 Å². The molecular formula is C18H18N2O4. The highest BCUT2D eigenvalue weighted by Gasteiger charge is 2.36. The van der Waals surface area contributed by atoms with Crippen LogP contribution in [0.4, 0.5) is 5.69 Å². The van der Waals surface area contributed by atoms with Crippen LogP contribution >= 0.6 is 0 Å². The van der Waals surface area contributed by atoms with Crippen LogP contribution in [0.25, 0.3) is 0 Å². The molecule has 1 unspecified atom stereocenters. The molecule has 24 heavy (non-hydrogen) atoms. The zero-order valence-corrected chi connectivity index (χ0v) is 13.4. The van der Waals surface area contributed by atoms with Gasteiger partial charge >= 0.3 is 5.97 Å². The van der Waals surface area contributed by atoms with E-state index in [0.29, 0.717) is 23.4 Å². The maximum atomic E-state index is 11.9. The van der Waals surface area contributed by atoms with Crippen molar-refractivity contribution >= 4 is 11.7 Å². The number of nitrogens with one attached hydrogen (secondary N) is 1. The number of anilines is 1. The van der Waals surface area contributed by atoms with Gasteiger partial charge in [0, 0.05) is 5.69 Å². The lowest BCUT2D eigenvalue weighted by Crippen LogP contribution is -2.40. The topological polar surface area (TPSA) is 103 Å². The lowest BCUT2D eigenvalue weighted by atomic mass is 9.91. The molecule has 0 bridgehead atoms. The molecule has 6 nitrogen and oxygen atoms in total. The van der Waals surface area contributed by atoms with Crippen molar-refractivity contribution in [1.29, 1.82) is 5.26 Å². The second-order valence-electron chi connectivity index (χ2n) is 5.36. The Morgan fingerprint density at radius 1 is 1.29 bits per heavy atom. The SMILES string of the molecule is CCOc1cc(C(C)(Nc2ccc(C#N)cc2)C(=O)O)ccc1O. The van der Waals surface area contributed by atoms with Gasteiger partial charge in [0.1, 0.15) is 0 Å². The Morgan fingerprint density at radius 3 is 2.50 bits per heavy atom. The predicted octanol–water partition coefficient (Wildman–Crippen LogP) is 3.07. The summed E-state index contributed by atoms with van der Waals surface area (Å²) in [6.45, 7) is 3.65. The largest absolute Gasteiger partial charge is 0.504 e. The molecule has 6 heteroatoms. The molecular weight excluding hydrogens is 308 g/mol. The van der Waals surface area contributed by atoms with Crippen molar-refractivity contribution in [3.63, 3.8) is 0 Å². The van der Waals surface area contributed by atoms with E-state index in [2.05, 4.69) is 5.32 Å². The Hall–Kier alpha value is -3.20. The minimum atomic E-state index is -1.44. The third-order valence-electron chi connectivity index (χ3n) is 3.67. The molecule has 124 valence electrons. The van der Waals surface area contributed by atoms with Gasteiger partial charge in [0.15, 0.2) is 17.0 Å². The maximum Gasteiger partial charge on any atom is 0.333 e. The van der Waals surface area contributed by atoms with Crippen LogP contribution in [0, 0.1) is 11.3 Å². The molecule has 0 fully saturated rings. The van der Waals surface area contributed by atoms with Crippen molar-refractivity contribution in [2.45, 2.75) is 19.4 Å². The van der Waals surface area contributed by atoms with Crippen LogP contribution < -0.4 is 10.1 Å². The van der Waals surface area contributed by atoms with Crippen molar-refractivity contribution in [3.8, 4) is 17.6 Å². The second-order valence-corrected chi connectivity index (χ2v) is 5.36. The van der Waals surface area contributed by atoms with Crippen LogP contribution in [0.3, 0.4) is 0 Å². The van der Waals surface area contributed by atoms with E-state index in [4.69, 9.17) is 10.00 Å². The molecule has 0 aliphatic rings. The number of hydrogen-bond donors (Lipinski definition) is 3. The predicted molar refractivity (Wildman–Crippen MR) is 89.0 cm³/mol. The van der Waals surface area contributed by atoms with Gasteiger partial charge in [-0.05, 0) is 55.8 Å². The Kier molecular flexibility index (Phi) is 4.95. The molecule has 0 aliphatic carbocycles. The van der Waals surface area contributed by atoms with E-state index in [1.165, 1.54) is 25.1 Å². The van der Waals surface area contributed by atoms with E-state index in [1.807, 2.05) is 6.07 Å². The second kappa shape index (κ2) is 6.92. The monoisotopic (exact) mass is 326 g/mol. The van der Waals surface area contributed by atoms with Crippen LogP contribution in [-0.2, 0) is 10.3 Å². The molecule has 3 N–H and O–H groups in total. The first kappa shape index (κ1) is 17.2. The molecule has 0 heterocycles. The van der Waals surface area contributed by atoms with E-state index in [-0.39, 0.29) is 11.5 Å². The van der Waals surface area contributed by atoms with Gasteiger partial charge in [-0.15, -0.1) is 0 Å². The Balaban J connectivity index is 2.41. The highest BCUT2D eigenvalue weighted by Crippen LogP contribution is 2.34. The first-order valence-corrected chi connectivity index (χ1v) is 7.38. The highest BCUT2D eigenvalue weighted by atomic mass is 16.5. The minimum Gasteiger partial charge on any atom is -0.504 e. The first-order chi connectivity index (χ1) is 11.4. The highest BCUT2D eigenvalue weighted by molar-refractivity contribution is 5.84. The van der Waals surface area contributed by atoms with Crippen LogP contribution in [-0.4, -0.2) is 22.8 Å². The van der Waals surface area contributed by atoms with Gasteiger partial charge in [0.05, 0.1) is 18.2 Å². The molecule has 0 saturated heterocycles. The fourth-order valence-corrected chi connectivity index (χ4v) is 2.26. The van der Waals surface area contributed by atoms with Crippen molar-refractivity contribution in [1.82, 2.24) is 0 Å². The van der Waals surface area contributed by atoms with Gasteiger partial charge < -0.3 is 20.3 Å². The van der Waals surface area contributed by atoms with Gasteiger partial charge in [0.25, 0.3) is 0 Å². The third-order valence-corrected chi connectivity index (χ3v) is 3.67. The molecule has 0 amide bonds. The summed E-state index contributed by atoms with van der Waals surface area (Å²) in [5.74, 6) is -0.907. The number of carboxylic acids is 1. The molecule has 2 rings (SSSR count). The number of aliphatic carboxylic acids is 1. The Labute approximate surface area is 139 Å². The lowest BCUT2D eigenvalue weighted by Gasteiger charge is -2.28. The number of nitrogens with zero attached hydrogens (tertiary/aromatic N) is 1. The maximum absolute atomic E-state index is 11.9. The lowest BCUT2D eigenvalue weighted by molar-refractivity contribution is -0.142. The van der Waals surface area contributed by atoms with Gasteiger partial charge in [-0.25, -0.2) is 4.79 Å². The standard InChI is InChI=1S/C18H18N2O4/c1-3-24-16-10-13(6-9-15(16)21)18(2,17(22)23)20-14-7-4-12(11-19)5-8-14/h4-10,20-21H,3H2,1-2H3,(H,22,23). The average molecular weight is 326 g/mol. The van der Waals surface area contributed by atoms with Crippen LogP contribution in [0.5, 0.6) is 11.5 Å². The average Bonchev–Trinajstić information content (AvgIpc) is 2.57. The van der Waals surface area contributed by atoms with Gasteiger partial charge in [0.2, 0.25) is 0 Å². The molecule has 0 spiro atoms. The molecule has 2 aromatic carbocycles. The van der Waals surface area contributed by atoms with E-state index < -0.39 is 11.5 Å². The fraction of sp³-hybridized carbons (Fsp3) is 0.222. The zero-order chi connectivity index (χ0) is 17.7. The zero-order valence-electron chi connectivity index (χ0n) is 13.4. The normalized spacial score (nSPS) is 12.7. The van der Waals surface area contributed by atoms with Crippen molar-refractivity contribution in [2.24, 2.45) is 0 Å². The summed E-state index contributed by atoms with van der Waals surface area (Å²) >= 11 is 0. The van der Waals surface area contributed by atoms with Gasteiger partial charge in [-0.1, -0.05) is 6.07 Å². The summed E-state index contributed by atoms with van der Waals surface area (Å²) in [4.78, 5) is 11.9. The molecule has 0 radical (unpaired) electrons. The summed E-state index contributed by atoms with van der Waals surface area (Å²) < 4.78 is 5.33. The number of rotatable bonds is 6. The number of ether oxygens (including phenoxy) is 1. The minimum absolute atomic E-state index is 0.0493. The van der Waals surface area contributed by atoms with Crippen molar-refractivity contribution in [3.05, 3.63) is 53.6 Å². The molecule has 0 saturated carbocycles. The smallest absolute Gasteiger partial charge is 0.333 e. The van der Waals surface area contributed by atoms with Crippen LogP contribution in [0.2, 0.25) is 0 Å². The Bertz CT molecular complexity index is 781. The van der Waals surface area contributed by atoms with E-state index in [1.54, 1.807) is 31.2 Å². The third kappa shape index (κ3) is 3.41.